The van der Waals surface area contributed by atoms with Gasteiger partial charge in [-0.1, -0.05) is 24.3 Å². The van der Waals surface area contributed by atoms with Crippen LogP contribution in [0.15, 0.2) is 54.6 Å². The highest BCUT2D eigenvalue weighted by Gasteiger charge is 2.29. The van der Waals surface area contributed by atoms with Gasteiger partial charge in [-0.15, -0.1) is 0 Å². The SMILES string of the molecule is O=C(c1cccc(N2CCCS2(=O)=O)c1)N1CCN(c2ccccc2)CC1. The number of carbonyl (C=O) groups is 1. The largest absolute Gasteiger partial charge is 0.368 e. The molecule has 0 N–H and O–H groups in total. The van der Waals surface area contributed by atoms with E-state index in [-0.39, 0.29) is 11.7 Å². The summed E-state index contributed by atoms with van der Waals surface area (Å²) in [5, 5.41) is 0. The minimum Gasteiger partial charge on any atom is -0.368 e. The van der Waals surface area contributed by atoms with Crippen LogP contribution in [0.1, 0.15) is 16.8 Å². The third kappa shape index (κ3) is 3.64. The zero-order valence-electron chi connectivity index (χ0n) is 15.1. The maximum Gasteiger partial charge on any atom is 0.254 e. The minimum atomic E-state index is -3.24. The van der Waals surface area contributed by atoms with Gasteiger partial charge in [0.2, 0.25) is 10.0 Å². The highest BCUT2D eigenvalue weighted by Crippen LogP contribution is 2.25. The Labute approximate surface area is 160 Å². The van der Waals surface area contributed by atoms with E-state index in [9.17, 15) is 13.2 Å². The summed E-state index contributed by atoms with van der Waals surface area (Å²) < 4.78 is 25.7. The molecular formula is C20H23N3O3S. The molecule has 0 bridgehead atoms. The molecule has 0 unspecified atom stereocenters. The fourth-order valence-electron chi connectivity index (χ4n) is 3.71. The monoisotopic (exact) mass is 385 g/mol. The lowest BCUT2D eigenvalue weighted by Gasteiger charge is -2.36. The Morgan fingerprint density at radius 3 is 2.19 bits per heavy atom. The number of hydrogen-bond donors (Lipinski definition) is 0. The number of benzene rings is 2. The molecule has 2 aromatic rings. The molecule has 4 rings (SSSR count). The van der Waals surface area contributed by atoms with Crippen molar-refractivity contribution in [3.8, 4) is 0 Å². The summed E-state index contributed by atoms with van der Waals surface area (Å²) in [5.74, 6) is 0.133. The fourth-order valence-corrected chi connectivity index (χ4v) is 5.27. The maximum absolute atomic E-state index is 12.9. The van der Waals surface area contributed by atoms with E-state index in [1.165, 1.54) is 9.99 Å². The van der Waals surface area contributed by atoms with Gasteiger partial charge in [-0.05, 0) is 36.8 Å². The first-order valence-electron chi connectivity index (χ1n) is 9.24. The Morgan fingerprint density at radius 1 is 0.815 bits per heavy atom. The Balaban J connectivity index is 1.46. The molecule has 2 saturated heterocycles. The molecule has 0 radical (unpaired) electrons. The van der Waals surface area contributed by atoms with E-state index in [1.54, 1.807) is 24.3 Å². The second-order valence-corrected chi connectivity index (χ2v) is 8.92. The number of nitrogens with zero attached hydrogens (tertiary/aromatic N) is 3. The van der Waals surface area contributed by atoms with Gasteiger partial charge in [-0.25, -0.2) is 8.42 Å². The molecule has 2 aliphatic rings. The molecule has 0 aliphatic carbocycles. The number of piperazine rings is 1. The van der Waals surface area contributed by atoms with Gasteiger partial charge in [-0.3, -0.25) is 9.10 Å². The highest BCUT2D eigenvalue weighted by atomic mass is 32.2. The lowest BCUT2D eigenvalue weighted by Crippen LogP contribution is -2.48. The number of sulfonamides is 1. The van der Waals surface area contributed by atoms with Crippen molar-refractivity contribution in [1.82, 2.24) is 4.90 Å². The van der Waals surface area contributed by atoms with Crippen LogP contribution >= 0.6 is 0 Å². The van der Waals surface area contributed by atoms with Crippen LogP contribution in [0.2, 0.25) is 0 Å². The quantitative estimate of drug-likeness (QED) is 0.813. The van der Waals surface area contributed by atoms with Crippen molar-refractivity contribution in [2.45, 2.75) is 6.42 Å². The average molecular weight is 385 g/mol. The molecule has 2 heterocycles. The van der Waals surface area contributed by atoms with Crippen LogP contribution in [0.3, 0.4) is 0 Å². The number of amides is 1. The predicted octanol–water partition coefficient (Wildman–Crippen LogP) is 2.19. The van der Waals surface area contributed by atoms with E-state index in [0.29, 0.717) is 37.3 Å². The van der Waals surface area contributed by atoms with Crippen LogP contribution in [-0.4, -0.2) is 57.7 Å². The molecule has 27 heavy (non-hydrogen) atoms. The fraction of sp³-hybridized carbons (Fsp3) is 0.350. The number of anilines is 2. The Bertz CT molecular complexity index is 922. The number of carbonyl (C=O) groups excluding carboxylic acids is 1. The van der Waals surface area contributed by atoms with Crippen molar-refractivity contribution >= 4 is 27.3 Å². The van der Waals surface area contributed by atoms with Crippen LogP contribution in [0.25, 0.3) is 0 Å². The molecule has 1 amide bonds. The second-order valence-electron chi connectivity index (χ2n) is 6.91. The first-order chi connectivity index (χ1) is 13.0. The molecule has 7 heteroatoms. The van der Waals surface area contributed by atoms with Gasteiger partial charge in [0.15, 0.2) is 0 Å². The van der Waals surface area contributed by atoms with Crippen molar-refractivity contribution in [1.29, 1.82) is 0 Å². The van der Waals surface area contributed by atoms with Crippen LogP contribution in [0.4, 0.5) is 11.4 Å². The van der Waals surface area contributed by atoms with E-state index in [2.05, 4.69) is 17.0 Å². The number of para-hydroxylation sites is 1. The average Bonchev–Trinajstić information content (AvgIpc) is 3.07. The van der Waals surface area contributed by atoms with Gasteiger partial charge in [0.25, 0.3) is 5.91 Å². The van der Waals surface area contributed by atoms with Gasteiger partial charge in [0, 0.05) is 44.0 Å². The van der Waals surface area contributed by atoms with Gasteiger partial charge in [0.05, 0.1) is 11.4 Å². The Hall–Kier alpha value is -2.54. The molecule has 2 fully saturated rings. The van der Waals surface area contributed by atoms with Gasteiger partial charge < -0.3 is 9.80 Å². The molecule has 6 nitrogen and oxygen atoms in total. The molecule has 0 atom stereocenters. The van der Waals surface area contributed by atoms with Crippen LogP contribution in [0.5, 0.6) is 0 Å². The van der Waals surface area contributed by atoms with Crippen LogP contribution < -0.4 is 9.21 Å². The Kier molecular flexibility index (Phi) is 4.78. The van der Waals surface area contributed by atoms with Crippen LogP contribution in [-0.2, 0) is 10.0 Å². The lowest BCUT2D eigenvalue weighted by atomic mass is 10.1. The van der Waals surface area contributed by atoms with Crippen molar-refractivity contribution < 1.29 is 13.2 Å². The molecule has 0 spiro atoms. The lowest BCUT2D eigenvalue weighted by molar-refractivity contribution is 0.0747. The normalized spacial score (nSPS) is 19.3. The van der Waals surface area contributed by atoms with Gasteiger partial charge in [0.1, 0.15) is 0 Å². The molecule has 2 aliphatic heterocycles. The van der Waals surface area contributed by atoms with E-state index in [0.717, 1.165) is 13.1 Å². The first-order valence-corrected chi connectivity index (χ1v) is 10.9. The Morgan fingerprint density at radius 2 is 1.52 bits per heavy atom. The summed E-state index contributed by atoms with van der Waals surface area (Å²) >= 11 is 0. The second kappa shape index (κ2) is 7.23. The molecule has 142 valence electrons. The topological polar surface area (TPSA) is 60.9 Å². The van der Waals surface area contributed by atoms with E-state index in [4.69, 9.17) is 0 Å². The third-order valence-electron chi connectivity index (χ3n) is 5.17. The molecular weight excluding hydrogens is 362 g/mol. The van der Waals surface area contributed by atoms with E-state index >= 15 is 0 Å². The van der Waals surface area contributed by atoms with E-state index in [1.807, 2.05) is 23.1 Å². The number of rotatable bonds is 3. The summed E-state index contributed by atoms with van der Waals surface area (Å²) in [6, 6.07) is 17.2. The highest BCUT2D eigenvalue weighted by molar-refractivity contribution is 7.93. The van der Waals surface area contributed by atoms with Crippen molar-refractivity contribution in [3.05, 3.63) is 60.2 Å². The minimum absolute atomic E-state index is 0.0406. The predicted molar refractivity (Wildman–Crippen MR) is 107 cm³/mol. The zero-order valence-corrected chi connectivity index (χ0v) is 15.9. The van der Waals surface area contributed by atoms with Gasteiger partial charge >= 0.3 is 0 Å². The summed E-state index contributed by atoms with van der Waals surface area (Å²) in [6.07, 6.45) is 0.627. The summed E-state index contributed by atoms with van der Waals surface area (Å²) in [5.41, 5.74) is 2.30. The molecule has 0 aromatic heterocycles. The summed E-state index contributed by atoms with van der Waals surface area (Å²) in [6.45, 7) is 3.36. The van der Waals surface area contributed by atoms with Gasteiger partial charge in [-0.2, -0.15) is 0 Å². The summed E-state index contributed by atoms with van der Waals surface area (Å²) in [7, 11) is -3.24. The molecule has 2 aromatic carbocycles. The first kappa shape index (κ1) is 17.9. The van der Waals surface area contributed by atoms with Crippen LogP contribution in [0, 0.1) is 0 Å². The van der Waals surface area contributed by atoms with Crippen molar-refractivity contribution in [3.63, 3.8) is 0 Å². The van der Waals surface area contributed by atoms with Crippen molar-refractivity contribution in [2.24, 2.45) is 0 Å². The summed E-state index contributed by atoms with van der Waals surface area (Å²) in [4.78, 5) is 17.0. The third-order valence-corrected chi connectivity index (χ3v) is 7.04. The number of hydrogen-bond acceptors (Lipinski definition) is 4. The van der Waals surface area contributed by atoms with E-state index < -0.39 is 10.0 Å². The smallest absolute Gasteiger partial charge is 0.254 e. The zero-order chi connectivity index (χ0) is 18.9. The standard InChI is InChI=1S/C20H23N3O3S/c24-20(22-13-11-21(12-14-22)18-7-2-1-3-8-18)17-6-4-9-19(16-17)23-10-5-15-27(23,25)26/h1-4,6-9,16H,5,10-15H2. The molecule has 0 saturated carbocycles. The van der Waals surface area contributed by atoms with Crippen molar-refractivity contribution in [2.75, 3.05) is 47.7 Å². The maximum atomic E-state index is 12.9.